The fourth-order valence-electron chi connectivity index (χ4n) is 4.38. The average molecular weight is 427 g/mol. The topological polar surface area (TPSA) is 95.2 Å². The number of fused-ring (bicyclic) bond motifs is 1. The lowest BCUT2D eigenvalue weighted by Gasteiger charge is -2.37. The number of carbonyl (C=O) groups is 1. The number of benzene rings is 1. The smallest absolute Gasteiger partial charge is 0.244 e. The molecule has 0 spiro atoms. The van der Waals surface area contributed by atoms with Gasteiger partial charge in [0.05, 0.1) is 12.6 Å². The van der Waals surface area contributed by atoms with Crippen LogP contribution in [0, 0.1) is 0 Å². The van der Waals surface area contributed by atoms with Gasteiger partial charge in [0.2, 0.25) is 12.3 Å². The predicted octanol–water partition coefficient (Wildman–Crippen LogP) is 1.83. The van der Waals surface area contributed by atoms with Crippen LogP contribution in [0.4, 0.5) is 0 Å². The Bertz CT molecular complexity index is 844. The maximum absolute atomic E-state index is 12.3. The van der Waals surface area contributed by atoms with Crippen LogP contribution in [0.1, 0.15) is 50.7 Å². The van der Waals surface area contributed by atoms with Crippen LogP contribution in [0.2, 0.25) is 0 Å². The summed E-state index contributed by atoms with van der Waals surface area (Å²) in [5.74, 6) is 0.964. The van der Waals surface area contributed by atoms with Gasteiger partial charge in [0, 0.05) is 13.1 Å². The first-order valence-electron chi connectivity index (χ1n) is 11.4. The molecule has 168 valence electrons. The standard InChI is InChI=1S/C23H34N6O2/c1-3-6-16(2)31-23-26-21(24)20-22(27-23)29(15-19(30)25-20)14-18-9-7-17(8-10-18)13-28-11-4-5-12-28/h7-10,16,23,26H,3-6,11-15,24H2,1-2H3,(H,25,30)/t16-,23?/m1/s1. The van der Waals surface area contributed by atoms with Crippen molar-refractivity contribution >= 4 is 11.7 Å². The lowest BCUT2D eigenvalue weighted by Crippen LogP contribution is -2.55. The quantitative estimate of drug-likeness (QED) is 0.587. The minimum Gasteiger partial charge on any atom is -0.384 e. The van der Waals surface area contributed by atoms with Gasteiger partial charge >= 0.3 is 0 Å². The Balaban J connectivity index is 1.46. The van der Waals surface area contributed by atoms with Crippen molar-refractivity contribution in [3.05, 3.63) is 46.9 Å². The first-order chi connectivity index (χ1) is 15.0. The highest BCUT2D eigenvalue weighted by atomic mass is 16.5. The number of amidine groups is 1. The molecular weight excluding hydrogens is 392 g/mol. The number of nitrogens with one attached hydrogen (secondary N) is 2. The molecule has 1 unspecified atom stereocenters. The van der Waals surface area contributed by atoms with Crippen molar-refractivity contribution in [3.63, 3.8) is 0 Å². The number of amides is 1. The third-order valence-electron chi connectivity index (χ3n) is 5.97. The minimum absolute atomic E-state index is 0.0657. The van der Waals surface area contributed by atoms with E-state index in [4.69, 9.17) is 15.5 Å². The third kappa shape index (κ3) is 5.37. The number of likely N-dealkylation sites (tertiary alicyclic amines) is 1. The van der Waals surface area contributed by atoms with E-state index in [1.807, 2.05) is 11.8 Å². The molecule has 4 rings (SSSR count). The zero-order valence-electron chi connectivity index (χ0n) is 18.6. The number of aliphatic imine (C=N–C) groups is 1. The van der Waals surface area contributed by atoms with Crippen molar-refractivity contribution < 1.29 is 9.53 Å². The summed E-state index contributed by atoms with van der Waals surface area (Å²) in [5, 5.41) is 5.91. The van der Waals surface area contributed by atoms with Gasteiger partial charge < -0.3 is 26.0 Å². The van der Waals surface area contributed by atoms with E-state index >= 15 is 0 Å². The number of hydrogen-bond donors (Lipinski definition) is 3. The summed E-state index contributed by atoms with van der Waals surface area (Å²) in [6.45, 7) is 8.37. The SMILES string of the molecule is CCC[C@@H](C)OC1N=C2C(=C(N)N1)NC(=O)CN2Cc1ccc(CN2CCCC2)cc1. The number of ether oxygens (including phenoxy) is 1. The summed E-state index contributed by atoms with van der Waals surface area (Å²) in [7, 11) is 0. The molecule has 2 fully saturated rings. The predicted molar refractivity (Wildman–Crippen MR) is 121 cm³/mol. The summed E-state index contributed by atoms with van der Waals surface area (Å²) in [5.41, 5.74) is 9.20. The van der Waals surface area contributed by atoms with Crippen LogP contribution in [0.15, 0.2) is 40.8 Å². The number of carbonyl (C=O) groups excluding carboxylic acids is 1. The van der Waals surface area contributed by atoms with E-state index in [2.05, 4.69) is 46.7 Å². The van der Waals surface area contributed by atoms with Gasteiger partial charge in [-0.2, -0.15) is 0 Å². The molecular formula is C23H34N6O2. The van der Waals surface area contributed by atoms with Crippen LogP contribution in [0.3, 0.4) is 0 Å². The molecule has 0 radical (unpaired) electrons. The van der Waals surface area contributed by atoms with Gasteiger partial charge in [0.25, 0.3) is 0 Å². The molecule has 3 aliphatic heterocycles. The Morgan fingerprint density at radius 1 is 1.19 bits per heavy atom. The highest BCUT2D eigenvalue weighted by Crippen LogP contribution is 2.20. The molecule has 2 atom stereocenters. The van der Waals surface area contributed by atoms with Crippen LogP contribution in [0.5, 0.6) is 0 Å². The first kappa shape index (κ1) is 21.6. The fourth-order valence-corrected chi connectivity index (χ4v) is 4.38. The molecule has 8 heteroatoms. The van der Waals surface area contributed by atoms with E-state index in [1.165, 1.54) is 31.5 Å². The highest BCUT2D eigenvalue weighted by molar-refractivity contribution is 6.07. The van der Waals surface area contributed by atoms with Gasteiger partial charge in [-0.3, -0.25) is 9.69 Å². The number of nitrogens with zero attached hydrogens (tertiary/aromatic N) is 3. The monoisotopic (exact) mass is 426 g/mol. The molecule has 4 N–H and O–H groups in total. The Hall–Kier alpha value is -2.58. The maximum Gasteiger partial charge on any atom is 0.244 e. The van der Waals surface area contributed by atoms with Gasteiger partial charge in [-0.1, -0.05) is 37.6 Å². The molecule has 8 nitrogen and oxygen atoms in total. The zero-order chi connectivity index (χ0) is 21.8. The third-order valence-corrected chi connectivity index (χ3v) is 5.97. The normalized spacial score (nSPS) is 22.6. The van der Waals surface area contributed by atoms with Crippen molar-refractivity contribution in [3.8, 4) is 0 Å². The van der Waals surface area contributed by atoms with Gasteiger partial charge in [-0.15, -0.1) is 0 Å². The largest absolute Gasteiger partial charge is 0.384 e. The minimum atomic E-state index is -0.555. The molecule has 31 heavy (non-hydrogen) atoms. The Labute approximate surface area is 184 Å². The summed E-state index contributed by atoms with van der Waals surface area (Å²) in [4.78, 5) is 21.5. The van der Waals surface area contributed by atoms with E-state index < -0.39 is 6.35 Å². The van der Waals surface area contributed by atoms with Crippen molar-refractivity contribution in [2.45, 2.75) is 65.1 Å². The average Bonchev–Trinajstić information content (AvgIpc) is 3.23. The molecule has 3 aliphatic rings. The molecule has 2 saturated heterocycles. The van der Waals surface area contributed by atoms with E-state index in [1.54, 1.807) is 0 Å². The van der Waals surface area contributed by atoms with Crippen molar-refractivity contribution in [1.82, 2.24) is 20.4 Å². The van der Waals surface area contributed by atoms with E-state index in [-0.39, 0.29) is 18.6 Å². The zero-order valence-corrected chi connectivity index (χ0v) is 18.6. The Kier molecular flexibility index (Phi) is 6.77. The van der Waals surface area contributed by atoms with Gasteiger partial charge in [0.15, 0.2) is 5.84 Å². The number of piperazine rings is 1. The molecule has 0 aliphatic carbocycles. The van der Waals surface area contributed by atoms with Gasteiger partial charge in [-0.25, -0.2) is 4.99 Å². The number of hydrogen-bond acceptors (Lipinski definition) is 7. The first-order valence-corrected chi connectivity index (χ1v) is 11.4. The lowest BCUT2D eigenvalue weighted by molar-refractivity contribution is -0.121. The molecule has 3 heterocycles. The second-order valence-corrected chi connectivity index (χ2v) is 8.68. The van der Waals surface area contributed by atoms with Gasteiger partial charge in [-0.05, 0) is 50.4 Å². The Morgan fingerprint density at radius 2 is 1.87 bits per heavy atom. The molecule has 1 amide bonds. The van der Waals surface area contributed by atoms with Crippen LogP contribution in [-0.4, -0.2) is 53.6 Å². The van der Waals surface area contributed by atoms with Crippen LogP contribution < -0.4 is 16.4 Å². The second kappa shape index (κ2) is 9.70. The van der Waals surface area contributed by atoms with Crippen LogP contribution >= 0.6 is 0 Å². The second-order valence-electron chi connectivity index (χ2n) is 8.68. The molecule has 0 aromatic heterocycles. The fraction of sp³-hybridized carbons (Fsp3) is 0.565. The number of nitrogens with two attached hydrogens (primary N) is 1. The van der Waals surface area contributed by atoms with Crippen molar-refractivity contribution in [2.24, 2.45) is 10.7 Å². The maximum atomic E-state index is 12.3. The number of rotatable bonds is 8. The summed E-state index contributed by atoms with van der Waals surface area (Å²) >= 11 is 0. The lowest BCUT2D eigenvalue weighted by atomic mass is 10.1. The summed E-state index contributed by atoms with van der Waals surface area (Å²) in [6, 6.07) is 8.66. The van der Waals surface area contributed by atoms with E-state index in [0.29, 0.717) is 23.9 Å². The molecule has 0 bridgehead atoms. The molecule has 0 saturated carbocycles. The highest BCUT2D eigenvalue weighted by Gasteiger charge is 2.33. The molecule has 1 aromatic rings. The summed E-state index contributed by atoms with van der Waals surface area (Å²) in [6.07, 6.45) is 4.09. The van der Waals surface area contributed by atoms with Crippen molar-refractivity contribution in [1.29, 1.82) is 0 Å². The Morgan fingerprint density at radius 3 is 2.55 bits per heavy atom. The molecule has 1 aromatic carbocycles. The summed E-state index contributed by atoms with van der Waals surface area (Å²) < 4.78 is 6.00. The van der Waals surface area contributed by atoms with E-state index in [0.717, 1.165) is 24.9 Å². The van der Waals surface area contributed by atoms with Crippen molar-refractivity contribution in [2.75, 3.05) is 19.6 Å². The van der Waals surface area contributed by atoms with Crippen LogP contribution in [0.25, 0.3) is 0 Å². The van der Waals surface area contributed by atoms with Crippen LogP contribution in [-0.2, 0) is 22.6 Å². The van der Waals surface area contributed by atoms with E-state index in [9.17, 15) is 4.79 Å². The van der Waals surface area contributed by atoms with Gasteiger partial charge in [0.1, 0.15) is 11.5 Å².